The molecule has 0 aromatic carbocycles. The Bertz CT molecular complexity index is 485. The molecule has 0 spiro atoms. The summed E-state index contributed by atoms with van der Waals surface area (Å²) in [6.45, 7) is 0.933. The monoisotopic (exact) mass is 262 g/mol. The fraction of sp³-hybridized carbons (Fsp3) is 0.600. The van der Waals surface area contributed by atoms with Crippen LogP contribution in [0, 0.1) is 0 Å². The Labute approximate surface area is 101 Å². The third kappa shape index (κ3) is 2.81. The lowest BCUT2D eigenvalue weighted by molar-refractivity contribution is -0.141. The molecule has 1 aromatic rings. The van der Waals surface area contributed by atoms with Crippen LogP contribution < -0.4 is 16.2 Å². The van der Waals surface area contributed by atoms with Gasteiger partial charge in [-0.25, -0.2) is 4.98 Å². The van der Waals surface area contributed by atoms with Crippen LogP contribution in [0.2, 0.25) is 0 Å². The van der Waals surface area contributed by atoms with E-state index in [-0.39, 0.29) is 12.0 Å². The van der Waals surface area contributed by atoms with E-state index in [1.807, 2.05) is 0 Å². The summed E-state index contributed by atoms with van der Waals surface area (Å²) >= 11 is 0. The summed E-state index contributed by atoms with van der Waals surface area (Å²) in [4.78, 5) is 18.6. The van der Waals surface area contributed by atoms with Crippen LogP contribution in [-0.4, -0.2) is 29.1 Å². The molecule has 3 N–H and O–H groups in total. The van der Waals surface area contributed by atoms with Gasteiger partial charge in [0.1, 0.15) is 0 Å². The van der Waals surface area contributed by atoms with Gasteiger partial charge in [-0.3, -0.25) is 9.78 Å². The molecular formula is C10H13F3N4O. The molecule has 1 atom stereocenters. The number of H-pyrrole nitrogens is 1. The molecule has 0 amide bonds. The zero-order valence-corrected chi connectivity index (χ0v) is 9.50. The summed E-state index contributed by atoms with van der Waals surface area (Å²) < 4.78 is 37.6. The van der Waals surface area contributed by atoms with Crippen molar-refractivity contribution < 1.29 is 13.2 Å². The second-order valence-electron chi connectivity index (χ2n) is 4.30. The van der Waals surface area contributed by atoms with Crippen LogP contribution in [0.4, 0.5) is 19.1 Å². The maximum absolute atomic E-state index is 12.5. The molecule has 2 heterocycles. The molecule has 0 radical (unpaired) electrons. The van der Waals surface area contributed by atoms with E-state index < -0.39 is 17.4 Å². The zero-order chi connectivity index (χ0) is 13.3. The molecule has 100 valence electrons. The van der Waals surface area contributed by atoms with Gasteiger partial charge in [-0.15, -0.1) is 0 Å². The number of piperidine rings is 1. The molecule has 1 fully saturated rings. The molecule has 0 aliphatic carbocycles. The highest BCUT2D eigenvalue weighted by Gasteiger charge is 2.34. The van der Waals surface area contributed by atoms with E-state index in [2.05, 4.69) is 9.97 Å². The quantitative estimate of drug-likeness (QED) is 0.782. The number of alkyl halides is 3. The van der Waals surface area contributed by atoms with Crippen LogP contribution in [0.5, 0.6) is 0 Å². The number of aromatic nitrogens is 2. The lowest BCUT2D eigenvalue weighted by Gasteiger charge is -2.31. The number of aromatic amines is 1. The number of nitrogens with two attached hydrogens (primary N) is 1. The van der Waals surface area contributed by atoms with Crippen LogP contribution in [0.1, 0.15) is 18.5 Å². The molecule has 18 heavy (non-hydrogen) atoms. The van der Waals surface area contributed by atoms with E-state index >= 15 is 0 Å². The Balaban J connectivity index is 2.33. The fourth-order valence-corrected chi connectivity index (χ4v) is 1.94. The van der Waals surface area contributed by atoms with Crippen molar-refractivity contribution in [2.24, 2.45) is 5.73 Å². The predicted octanol–water partition coefficient (Wildman–Crippen LogP) is 0.716. The van der Waals surface area contributed by atoms with Gasteiger partial charge in [-0.05, 0) is 12.8 Å². The minimum absolute atomic E-state index is 0.0648. The molecule has 5 nitrogen and oxygen atoms in total. The van der Waals surface area contributed by atoms with Crippen LogP contribution >= 0.6 is 0 Å². The molecule has 8 heteroatoms. The summed E-state index contributed by atoms with van der Waals surface area (Å²) in [5, 5.41) is 0. The third-order valence-corrected chi connectivity index (χ3v) is 2.78. The summed E-state index contributed by atoms with van der Waals surface area (Å²) in [7, 11) is 0. The molecule has 0 bridgehead atoms. The van der Waals surface area contributed by atoms with Gasteiger partial charge in [0.15, 0.2) is 5.69 Å². The van der Waals surface area contributed by atoms with Gasteiger partial charge in [0.2, 0.25) is 5.95 Å². The first-order chi connectivity index (χ1) is 8.36. The van der Waals surface area contributed by atoms with Crippen LogP contribution in [0.15, 0.2) is 10.9 Å². The Morgan fingerprint density at radius 2 is 2.22 bits per heavy atom. The summed E-state index contributed by atoms with van der Waals surface area (Å²) in [5.41, 5.74) is 3.75. The minimum atomic E-state index is -4.62. The fourth-order valence-electron chi connectivity index (χ4n) is 1.94. The molecule has 0 saturated carbocycles. The van der Waals surface area contributed by atoms with E-state index in [0.717, 1.165) is 12.8 Å². The minimum Gasteiger partial charge on any atom is -0.341 e. The third-order valence-electron chi connectivity index (χ3n) is 2.78. The maximum Gasteiger partial charge on any atom is 0.433 e. The summed E-state index contributed by atoms with van der Waals surface area (Å²) in [6, 6.07) is 0.339. The van der Waals surface area contributed by atoms with Gasteiger partial charge in [0.05, 0.1) is 0 Å². The Morgan fingerprint density at radius 1 is 1.50 bits per heavy atom. The molecule has 1 aliphatic rings. The van der Waals surface area contributed by atoms with Gasteiger partial charge >= 0.3 is 6.18 Å². The van der Waals surface area contributed by atoms with E-state index in [0.29, 0.717) is 19.2 Å². The molecule has 1 aromatic heterocycles. The number of nitrogens with zero attached hydrogens (tertiary/aromatic N) is 2. The normalized spacial score (nSPS) is 21.1. The van der Waals surface area contributed by atoms with Crippen molar-refractivity contribution >= 4 is 5.95 Å². The highest BCUT2D eigenvalue weighted by Crippen LogP contribution is 2.27. The molecule has 0 unspecified atom stereocenters. The van der Waals surface area contributed by atoms with Gasteiger partial charge in [-0.2, -0.15) is 13.2 Å². The van der Waals surface area contributed by atoms with Crippen molar-refractivity contribution in [2.75, 3.05) is 18.0 Å². The second kappa shape index (κ2) is 4.60. The van der Waals surface area contributed by atoms with Crippen LogP contribution in [-0.2, 0) is 6.18 Å². The number of halogens is 3. The lowest BCUT2D eigenvalue weighted by Crippen LogP contribution is -2.44. The lowest BCUT2D eigenvalue weighted by atomic mass is 10.1. The zero-order valence-electron chi connectivity index (χ0n) is 9.50. The number of nitrogens with one attached hydrogen (secondary N) is 1. The van der Waals surface area contributed by atoms with Crippen molar-refractivity contribution in [3.63, 3.8) is 0 Å². The SMILES string of the molecule is N[C@H]1CCCN(c2nc(C(F)(F)F)cc(=O)[nH]2)C1. The second-order valence-corrected chi connectivity index (χ2v) is 4.30. The Kier molecular flexibility index (Phi) is 3.29. The van der Waals surface area contributed by atoms with Crippen LogP contribution in [0.25, 0.3) is 0 Å². The first kappa shape index (κ1) is 12.9. The maximum atomic E-state index is 12.5. The number of rotatable bonds is 1. The van der Waals surface area contributed by atoms with Crippen LogP contribution in [0.3, 0.4) is 0 Å². The Hall–Kier alpha value is -1.57. The van der Waals surface area contributed by atoms with Gasteiger partial charge in [0, 0.05) is 25.2 Å². The van der Waals surface area contributed by atoms with Crippen molar-refractivity contribution in [1.82, 2.24) is 9.97 Å². The molecular weight excluding hydrogens is 249 g/mol. The van der Waals surface area contributed by atoms with Crippen molar-refractivity contribution in [3.8, 4) is 0 Å². The smallest absolute Gasteiger partial charge is 0.341 e. The largest absolute Gasteiger partial charge is 0.433 e. The van der Waals surface area contributed by atoms with Gasteiger partial charge in [-0.1, -0.05) is 0 Å². The van der Waals surface area contributed by atoms with Crippen molar-refractivity contribution in [3.05, 3.63) is 22.1 Å². The van der Waals surface area contributed by atoms with E-state index in [4.69, 9.17) is 5.73 Å². The van der Waals surface area contributed by atoms with Crippen molar-refractivity contribution in [2.45, 2.75) is 25.1 Å². The highest BCUT2D eigenvalue weighted by atomic mass is 19.4. The van der Waals surface area contributed by atoms with E-state index in [9.17, 15) is 18.0 Å². The molecule has 1 saturated heterocycles. The first-order valence-corrected chi connectivity index (χ1v) is 5.55. The standard InChI is InChI=1S/C10H13F3N4O/c11-10(12,13)7-4-8(18)16-9(15-7)17-3-1-2-6(14)5-17/h4,6H,1-3,5,14H2,(H,15,16,18)/t6-/m0/s1. The number of anilines is 1. The molecule has 2 rings (SSSR count). The van der Waals surface area contributed by atoms with Crippen molar-refractivity contribution in [1.29, 1.82) is 0 Å². The average molecular weight is 262 g/mol. The van der Waals surface area contributed by atoms with Gasteiger partial charge in [0.25, 0.3) is 5.56 Å². The number of hydrogen-bond acceptors (Lipinski definition) is 4. The van der Waals surface area contributed by atoms with E-state index in [1.54, 1.807) is 4.90 Å². The predicted molar refractivity (Wildman–Crippen MR) is 59.3 cm³/mol. The molecule has 1 aliphatic heterocycles. The Morgan fingerprint density at radius 3 is 2.83 bits per heavy atom. The highest BCUT2D eigenvalue weighted by molar-refractivity contribution is 5.32. The van der Waals surface area contributed by atoms with Gasteiger partial charge < -0.3 is 10.6 Å². The number of hydrogen-bond donors (Lipinski definition) is 2. The average Bonchev–Trinajstić information content (AvgIpc) is 2.27. The first-order valence-electron chi connectivity index (χ1n) is 5.55. The van der Waals surface area contributed by atoms with E-state index in [1.165, 1.54) is 0 Å². The summed E-state index contributed by atoms with van der Waals surface area (Å²) in [5.74, 6) is -0.0648. The topological polar surface area (TPSA) is 75.0 Å². The summed E-state index contributed by atoms with van der Waals surface area (Å²) in [6.07, 6.45) is -3.04.